The average molecular weight is 460 g/mol. The molecule has 174 valence electrons. The van der Waals surface area contributed by atoms with Gasteiger partial charge in [0, 0.05) is 42.1 Å². The van der Waals surface area contributed by atoms with Gasteiger partial charge in [-0.25, -0.2) is 4.90 Å². The molecule has 0 radical (unpaired) electrons. The van der Waals surface area contributed by atoms with Crippen LogP contribution in [0.5, 0.6) is 23.0 Å². The lowest BCUT2D eigenvalue weighted by molar-refractivity contribution is -0.120. The molecule has 3 aromatic carbocycles. The van der Waals surface area contributed by atoms with Crippen molar-refractivity contribution in [2.45, 2.75) is 0 Å². The van der Waals surface area contributed by atoms with E-state index in [1.54, 1.807) is 48.5 Å². The van der Waals surface area contributed by atoms with Crippen LogP contribution in [0.15, 0.2) is 72.4 Å². The van der Waals surface area contributed by atoms with Crippen LogP contribution in [0, 0.1) is 0 Å². The van der Waals surface area contributed by atoms with E-state index in [-0.39, 0.29) is 11.3 Å². The monoisotopic (exact) mass is 460 g/mol. The average Bonchev–Trinajstić information content (AvgIpc) is 3.12. The number of imide groups is 1. The second-order valence-electron chi connectivity index (χ2n) is 7.36. The Morgan fingerprint density at radius 2 is 1.15 bits per heavy atom. The Hall–Kier alpha value is -4.46. The number of nitrogens with one attached hydrogen (secondary N) is 1. The van der Waals surface area contributed by atoms with E-state index < -0.39 is 11.8 Å². The van der Waals surface area contributed by atoms with Crippen LogP contribution in [0.25, 0.3) is 5.57 Å². The van der Waals surface area contributed by atoms with E-state index in [9.17, 15) is 9.59 Å². The Morgan fingerprint density at radius 3 is 1.65 bits per heavy atom. The number of hydrogen-bond donors (Lipinski definition) is 1. The molecule has 4 rings (SSSR count). The highest BCUT2D eigenvalue weighted by Crippen LogP contribution is 2.37. The van der Waals surface area contributed by atoms with E-state index in [1.165, 1.54) is 28.4 Å². The maximum Gasteiger partial charge on any atom is 0.282 e. The topological polar surface area (TPSA) is 86.3 Å². The van der Waals surface area contributed by atoms with Gasteiger partial charge in [0.15, 0.2) is 0 Å². The molecule has 0 fully saturated rings. The highest BCUT2D eigenvalue weighted by Gasteiger charge is 2.40. The summed E-state index contributed by atoms with van der Waals surface area (Å²) < 4.78 is 21.3. The summed E-state index contributed by atoms with van der Waals surface area (Å²) in [6.07, 6.45) is 0. The minimum absolute atomic E-state index is 0.133. The fourth-order valence-corrected chi connectivity index (χ4v) is 3.70. The molecular formula is C26H24N2O6. The van der Waals surface area contributed by atoms with Crippen molar-refractivity contribution in [1.29, 1.82) is 0 Å². The van der Waals surface area contributed by atoms with Gasteiger partial charge in [0.05, 0.1) is 39.7 Å². The van der Waals surface area contributed by atoms with Crippen LogP contribution in [-0.4, -0.2) is 40.3 Å². The molecule has 1 aliphatic heterocycles. The molecule has 0 spiro atoms. The van der Waals surface area contributed by atoms with Crippen molar-refractivity contribution in [3.05, 3.63) is 78.0 Å². The minimum Gasteiger partial charge on any atom is -0.497 e. The Labute approximate surface area is 197 Å². The first-order valence-corrected chi connectivity index (χ1v) is 10.4. The normalized spacial score (nSPS) is 13.2. The summed E-state index contributed by atoms with van der Waals surface area (Å²) in [5, 5.41) is 3.12. The van der Waals surface area contributed by atoms with Crippen LogP contribution in [-0.2, 0) is 9.59 Å². The zero-order valence-corrected chi connectivity index (χ0v) is 19.2. The third kappa shape index (κ3) is 4.25. The first-order valence-electron chi connectivity index (χ1n) is 10.4. The second-order valence-corrected chi connectivity index (χ2v) is 7.36. The maximum atomic E-state index is 13.7. The van der Waals surface area contributed by atoms with Gasteiger partial charge in [-0.05, 0) is 5.56 Å². The Balaban J connectivity index is 1.83. The predicted octanol–water partition coefficient (Wildman–Crippen LogP) is 4.12. The molecule has 0 atom stereocenters. The first kappa shape index (κ1) is 22.7. The zero-order valence-electron chi connectivity index (χ0n) is 19.2. The van der Waals surface area contributed by atoms with Gasteiger partial charge < -0.3 is 24.3 Å². The Morgan fingerprint density at radius 1 is 0.647 bits per heavy atom. The standard InChI is InChI=1S/C26H24N2O6/c1-31-19-10-17(11-20(14-19)32-2)27-24-23(16-8-6-5-7-9-16)25(29)28(26(24)30)18-12-21(33-3)15-22(13-18)34-4/h5-15,27H,1-4H3. The van der Waals surface area contributed by atoms with E-state index >= 15 is 0 Å². The lowest BCUT2D eigenvalue weighted by Crippen LogP contribution is -2.32. The van der Waals surface area contributed by atoms with Gasteiger partial charge in [0.25, 0.3) is 11.8 Å². The Kier molecular flexibility index (Phi) is 6.40. The quantitative estimate of drug-likeness (QED) is 0.506. The molecule has 1 heterocycles. The van der Waals surface area contributed by atoms with Crippen molar-refractivity contribution < 1.29 is 28.5 Å². The lowest BCUT2D eigenvalue weighted by atomic mass is 10.0. The first-order chi connectivity index (χ1) is 16.5. The second kappa shape index (κ2) is 9.58. The van der Waals surface area contributed by atoms with Crippen molar-refractivity contribution in [3.8, 4) is 23.0 Å². The van der Waals surface area contributed by atoms with E-state index in [1.807, 2.05) is 18.2 Å². The molecule has 1 N–H and O–H groups in total. The number of benzene rings is 3. The van der Waals surface area contributed by atoms with Crippen molar-refractivity contribution >= 4 is 28.8 Å². The molecule has 1 aliphatic rings. The highest BCUT2D eigenvalue weighted by atomic mass is 16.5. The largest absolute Gasteiger partial charge is 0.497 e. The van der Waals surface area contributed by atoms with Gasteiger partial charge >= 0.3 is 0 Å². The molecule has 8 heteroatoms. The molecule has 0 saturated carbocycles. The molecule has 34 heavy (non-hydrogen) atoms. The molecule has 0 aromatic heterocycles. The van der Waals surface area contributed by atoms with Crippen molar-refractivity contribution in [2.24, 2.45) is 0 Å². The summed E-state index contributed by atoms with van der Waals surface area (Å²) in [5.41, 5.74) is 1.85. The molecule has 0 saturated heterocycles. The van der Waals surface area contributed by atoms with Crippen LogP contribution in [0.3, 0.4) is 0 Å². The summed E-state index contributed by atoms with van der Waals surface area (Å²) in [5.74, 6) is 1.000. The van der Waals surface area contributed by atoms with Crippen LogP contribution in [0.2, 0.25) is 0 Å². The number of nitrogens with zero attached hydrogens (tertiary/aromatic N) is 1. The van der Waals surface area contributed by atoms with Crippen LogP contribution >= 0.6 is 0 Å². The van der Waals surface area contributed by atoms with Crippen LogP contribution in [0.4, 0.5) is 11.4 Å². The number of anilines is 2. The third-order valence-corrected chi connectivity index (χ3v) is 5.36. The number of carbonyl (C=O) groups excluding carboxylic acids is 2. The van der Waals surface area contributed by atoms with Gasteiger partial charge in [-0.2, -0.15) is 0 Å². The predicted molar refractivity (Wildman–Crippen MR) is 129 cm³/mol. The number of rotatable bonds is 8. The summed E-state index contributed by atoms with van der Waals surface area (Å²) in [4.78, 5) is 28.4. The SMILES string of the molecule is COc1cc(NC2=C(c3ccccc3)C(=O)N(c3cc(OC)cc(OC)c3)C2=O)cc(OC)c1. The van der Waals surface area contributed by atoms with Gasteiger partial charge in [-0.3, -0.25) is 9.59 Å². The molecule has 0 unspecified atom stereocenters. The zero-order chi connectivity index (χ0) is 24.2. The van der Waals surface area contributed by atoms with Crippen molar-refractivity contribution in [3.63, 3.8) is 0 Å². The fourth-order valence-electron chi connectivity index (χ4n) is 3.70. The van der Waals surface area contributed by atoms with Crippen LogP contribution < -0.4 is 29.2 Å². The number of ether oxygens (including phenoxy) is 4. The number of amides is 2. The summed E-state index contributed by atoms with van der Waals surface area (Å²) in [7, 11) is 6.08. The van der Waals surface area contributed by atoms with E-state index in [0.29, 0.717) is 39.9 Å². The molecule has 8 nitrogen and oxygen atoms in total. The van der Waals surface area contributed by atoms with E-state index in [4.69, 9.17) is 18.9 Å². The summed E-state index contributed by atoms with van der Waals surface area (Å²) >= 11 is 0. The lowest BCUT2D eigenvalue weighted by Gasteiger charge is -2.17. The molecule has 0 bridgehead atoms. The Bertz CT molecular complexity index is 1230. The van der Waals surface area contributed by atoms with Gasteiger partial charge in [0.2, 0.25) is 0 Å². The molecule has 3 aromatic rings. The smallest absolute Gasteiger partial charge is 0.282 e. The van der Waals surface area contributed by atoms with Gasteiger partial charge in [0.1, 0.15) is 28.7 Å². The van der Waals surface area contributed by atoms with E-state index in [2.05, 4.69) is 5.32 Å². The molecular weight excluding hydrogens is 436 g/mol. The van der Waals surface area contributed by atoms with Gasteiger partial charge in [-0.1, -0.05) is 30.3 Å². The fraction of sp³-hybridized carbons (Fsp3) is 0.154. The molecule has 0 aliphatic carbocycles. The van der Waals surface area contributed by atoms with Crippen LogP contribution in [0.1, 0.15) is 5.56 Å². The van der Waals surface area contributed by atoms with Gasteiger partial charge in [-0.15, -0.1) is 0 Å². The minimum atomic E-state index is -0.513. The number of methoxy groups -OCH3 is 4. The van der Waals surface area contributed by atoms with Crippen molar-refractivity contribution in [1.82, 2.24) is 0 Å². The summed E-state index contributed by atoms with van der Waals surface area (Å²) in [6.45, 7) is 0. The number of hydrogen-bond acceptors (Lipinski definition) is 7. The third-order valence-electron chi connectivity index (χ3n) is 5.36. The van der Waals surface area contributed by atoms with E-state index in [0.717, 1.165) is 4.90 Å². The highest BCUT2D eigenvalue weighted by molar-refractivity contribution is 6.46. The molecule has 2 amide bonds. The summed E-state index contributed by atoms with van der Waals surface area (Å²) in [6, 6.07) is 19.1. The maximum absolute atomic E-state index is 13.7. The van der Waals surface area contributed by atoms with Crippen molar-refractivity contribution in [2.75, 3.05) is 38.7 Å². The number of carbonyl (C=O) groups is 2.